The van der Waals surface area contributed by atoms with Crippen LogP contribution in [-0.2, 0) is 0 Å². The third-order valence-electron chi connectivity index (χ3n) is 1.07. The predicted molar refractivity (Wildman–Crippen MR) is 40.0 cm³/mol. The minimum atomic E-state index is -0.416. The van der Waals surface area contributed by atoms with Crippen LogP contribution < -0.4 is 4.74 Å². The molecule has 0 aliphatic rings. The number of halogens is 1. The first-order valence-corrected chi connectivity index (χ1v) is 3.47. The minimum Gasteiger partial charge on any atom is -0.473 e. The van der Waals surface area contributed by atoms with Crippen molar-refractivity contribution in [2.24, 2.45) is 0 Å². The third kappa shape index (κ3) is 2.18. The van der Waals surface area contributed by atoms with E-state index in [1.54, 1.807) is 0 Å². The van der Waals surface area contributed by atoms with Crippen LogP contribution in [0.15, 0.2) is 18.3 Å². The first-order valence-electron chi connectivity index (χ1n) is 3.47. The molecule has 2 nitrogen and oxygen atoms in total. The number of hydrogen-bond acceptors (Lipinski definition) is 2. The molecule has 0 aromatic carbocycles. The Balaban J connectivity index is 2.78. The van der Waals surface area contributed by atoms with Crippen LogP contribution in [0.1, 0.15) is 13.8 Å². The largest absolute Gasteiger partial charge is 0.473 e. The van der Waals surface area contributed by atoms with Gasteiger partial charge in [-0.05, 0) is 26.0 Å². The topological polar surface area (TPSA) is 22.1 Å². The molecule has 0 aliphatic carbocycles. The van der Waals surface area contributed by atoms with Gasteiger partial charge in [0.15, 0.2) is 5.82 Å². The maximum absolute atomic E-state index is 12.8. The third-order valence-corrected chi connectivity index (χ3v) is 1.07. The van der Waals surface area contributed by atoms with E-state index in [1.165, 1.54) is 18.3 Å². The highest BCUT2D eigenvalue weighted by atomic mass is 19.1. The summed E-state index contributed by atoms with van der Waals surface area (Å²) >= 11 is 0. The van der Waals surface area contributed by atoms with Gasteiger partial charge in [-0.1, -0.05) is 0 Å². The highest BCUT2D eigenvalue weighted by Gasteiger charge is 2.03. The van der Waals surface area contributed by atoms with Gasteiger partial charge in [-0.15, -0.1) is 0 Å². The maximum atomic E-state index is 12.8. The Bertz CT molecular complexity index is 237. The highest BCUT2D eigenvalue weighted by molar-refractivity contribution is 5.12. The summed E-state index contributed by atoms with van der Waals surface area (Å²) < 4.78 is 17.8. The van der Waals surface area contributed by atoms with Crippen LogP contribution in [-0.4, -0.2) is 11.1 Å². The standard InChI is InChI=1S/C8H10FNO/c1-6(2)11-8-7(9)4-3-5-10-8/h3-6H,1-2H3. The van der Waals surface area contributed by atoms with Gasteiger partial charge in [-0.25, -0.2) is 9.37 Å². The van der Waals surface area contributed by atoms with Crippen LogP contribution in [0.4, 0.5) is 4.39 Å². The van der Waals surface area contributed by atoms with Crippen molar-refractivity contribution in [2.75, 3.05) is 0 Å². The highest BCUT2D eigenvalue weighted by Crippen LogP contribution is 2.12. The van der Waals surface area contributed by atoms with Crippen LogP contribution in [0.5, 0.6) is 5.88 Å². The molecule has 1 aromatic rings. The molecule has 1 heterocycles. The van der Waals surface area contributed by atoms with Crippen molar-refractivity contribution in [1.29, 1.82) is 0 Å². The summed E-state index contributed by atoms with van der Waals surface area (Å²) in [4.78, 5) is 3.72. The molecular formula is C8H10FNO. The number of nitrogens with zero attached hydrogens (tertiary/aromatic N) is 1. The van der Waals surface area contributed by atoms with E-state index in [9.17, 15) is 4.39 Å². The molecule has 0 fully saturated rings. The summed E-state index contributed by atoms with van der Waals surface area (Å²) in [5.41, 5.74) is 0. The molecule has 0 atom stereocenters. The van der Waals surface area contributed by atoms with E-state index in [1.807, 2.05) is 13.8 Å². The summed E-state index contributed by atoms with van der Waals surface area (Å²) in [5.74, 6) is -0.344. The Morgan fingerprint density at radius 3 is 2.82 bits per heavy atom. The Kier molecular flexibility index (Phi) is 2.41. The lowest BCUT2D eigenvalue weighted by molar-refractivity contribution is 0.220. The van der Waals surface area contributed by atoms with Crippen molar-refractivity contribution in [3.05, 3.63) is 24.1 Å². The molecule has 3 heteroatoms. The second-order valence-electron chi connectivity index (χ2n) is 2.46. The van der Waals surface area contributed by atoms with Crippen LogP contribution >= 0.6 is 0 Å². The van der Waals surface area contributed by atoms with Gasteiger partial charge >= 0.3 is 0 Å². The molecule has 60 valence electrons. The Morgan fingerprint density at radius 2 is 2.27 bits per heavy atom. The van der Waals surface area contributed by atoms with Crippen molar-refractivity contribution < 1.29 is 9.13 Å². The number of rotatable bonds is 2. The van der Waals surface area contributed by atoms with E-state index in [2.05, 4.69) is 4.98 Å². The average molecular weight is 155 g/mol. The van der Waals surface area contributed by atoms with Gasteiger partial charge in [0.05, 0.1) is 6.10 Å². The molecule has 11 heavy (non-hydrogen) atoms. The molecule has 0 radical (unpaired) electrons. The lowest BCUT2D eigenvalue weighted by atomic mass is 10.4. The fourth-order valence-electron chi connectivity index (χ4n) is 0.681. The average Bonchev–Trinajstić information content (AvgIpc) is 1.93. The molecule has 0 aliphatic heterocycles. The van der Waals surface area contributed by atoms with Crippen LogP contribution in [0.25, 0.3) is 0 Å². The number of aromatic nitrogens is 1. The zero-order valence-corrected chi connectivity index (χ0v) is 6.54. The monoisotopic (exact) mass is 155 g/mol. The summed E-state index contributed by atoms with van der Waals surface area (Å²) in [6.45, 7) is 3.66. The van der Waals surface area contributed by atoms with Crippen LogP contribution in [0, 0.1) is 5.82 Å². The van der Waals surface area contributed by atoms with Crippen molar-refractivity contribution in [2.45, 2.75) is 20.0 Å². The van der Waals surface area contributed by atoms with Crippen LogP contribution in [0.2, 0.25) is 0 Å². The lowest BCUT2D eigenvalue weighted by Gasteiger charge is -2.07. The number of pyridine rings is 1. The van der Waals surface area contributed by atoms with E-state index in [-0.39, 0.29) is 12.0 Å². The Hall–Kier alpha value is -1.12. The molecule has 0 bridgehead atoms. The molecule has 1 rings (SSSR count). The van der Waals surface area contributed by atoms with E-state index in [0.717, 1.165) is 0 Å². The van der Waals surface area contributed by atoms with E-state index in [4.69, 9.17) is 4.74 Å². The fraction of sp³-hybridized carbons (Fsp3) is 0.375. The quantitative estimate of drug-likeness (QED) is 0.651. The van der Waals surface area contributed by atoms with Gasteiger partial charge in [0.1, 0.15) is 0 Å². The van der Waals surface area contributed by atoms with Gasteiger partial charge in [-0.3, -0.25) is 0 Å². The summed E-state index contributed by atoms with van der Waals surface area (Å²) in [6.07, 6.45) is 1.46. The molecule has 0 saturated heterocycles. The van der Waals surface area contributed by atoms with E-state index >= 15 is 0 Å². The molecule has 0 amide bonds. The Morgan fingerprint density at radius 1 is 1.55 bits per heavy atom. The fourth-order valence-corrected chi connectivity index (χ4v) is 0.681. The van der Waals surface area contributed by atoms with Crippen molar-refractivity contribution in [3.8, 4) is 5.88 Å². The number of ether oxygens (including phenoxy) is 1. The molecule has 1 aromatic heterocycles. The zero-order chi connectivity index (χ0) is 8.27. The predicted octanol–water partition coefficient (Wildman–Crippen LogP) is 2.01. The summed E-state index contributed by atoms with van der Waals surface area (Å²) in [6, 6.07) is 2.85. The van der Waals surface area contributed by atoms with Crippen LogP contribution in [0.3, 0.4) is 0 Å². The molecule has 0 N–H and O–H groups in total. The smallest absolute Gasteiger partial charge is 0.250 e. The van der Waals surface area contributed by atoms with Gasteiger partial charge in [0, 0.05) is 6.20 Å². The molecule has 0 spiro atoms. The Labute approximate surface area is 65.0 Å². The molecule has 0 unspecified atom stereocenters. The first kappa shape index (κ1) is 7.98. The van der Waals surface area contributed by atoms with Crippen molar-refractivity contribution in [3.63, 3.8) is 0 Å². The second-order valence-corrected chi connectivity index (χ2v) is 2.46. The number of hydrogen-bond donors (Lipinski definition) is 0. The van der Waals surface area contributed by atoms with Gasteiger partial charge in [-0.2, -0.15) is 0 Å². The second kappa shape index (κ2) is 3.32. The maximum Gasteiger partial charge on any atom is 0.250 e. The SMILES string of the molecule is CC(C)Oc1ncccc1F. The van der Waals surface area contributed by atoms with E-state index in [0.29, 0.717) is 0 Å². The zero-order valence-electron chi connectivity index (χ0n) is 6.54. The van der Waals surface area contributed by atoms with Crippen molar-refractivity contribution >= 4 is 0 Å². The molecule has 0 saturated carbocycles. The molecular weight excluding hydrogens is 145 g/mol. The minimum absolute atomic E-state index is 0.0422. The van der Waals surface area contributed by atoms with Crippen molar-refractivity contribution in [1.82, 2.24) is 4.98 Å². The normalized spacial score (nSPS) is 10.2. The van der Waals surface area contributed by atoms with E-state index < -0.39 is 5.82 Å². The summed E-state index contributed by atoms with van der Waals surface area (Å²) in [5, 5.41) is 0. The lowest BCUT2D eigenvalue weighted by Crippen LogP contribution is -2.07. The summed E-state index contributed by atoms with van der Waals surface area (Å²) in [7, 11) is 0. The van der Waals surface area contributed by atoms with Gasteiger partial charge < -0.3 is 4.74 Å². The van der Waals surface area contributed by atoms with Gasteiger partial charge in [0.2, 0.25) is 0 Å². The first-order chi connectivity index (χ1) is 5.20. The van der Waals surface area contributed by atoms with Gasteiger partial charge in [0.25, 0.3) is 5.88 Å².